The van der Waals surface area contributed by atoms with Crippen LogP contribution in [0.5, 0.6) is 0 Å². The fourth-order valence-electron chi connectivity index (χ4n) is 0.0667. The van der Waals surface area contributed by atoms with Crippen molar-refractivity contribution in [2.75, 3.05) is 0 Å². The average Bonchev–Trinajstić information content (AvgIpc) is 1.85. The molecular formula is C3H7N3O7. The summed E-state index contributed by atoms with van der Waals surface area (Å²) in [5, 5.41) is 33.3. The third-order valence-electron chi connectivity index (χ3n) is 0.894. The van der Waals surface area contributed by atoms with Gasteiger partial charge in [0, 0.05) is 0 Å². The minimum Gasteiger partial charge on any atom is -0.328 e. The van der Waals surface area contributed by atoms with Crippen LogP contribution in [0, 0.1) is 30.3 Å². The molecule has 0 aliphatic heterocycles. The van der Waals surface area contributed by atoms with Crippen molar-refractivity contribution in [3.63, 3.8) is 0 Å². The third-order valence-corrected chi connectivity index (χ3v) is 0.894. The Labute approximate surface area is 71.2 Å². The molecule has 0 saturated carbocycles. The lowest BCUT2D eigenvalue weighted by atomic mass is 10.3. The zero-order valence-corrected chi connectivity index (χ0v) is 6.74. The summed E-state index contributed by atoms with van der Waals surface area (Å²) in [4.78, 5) is 26.1. The Morgan fingerprint density at radius 2 is 1.15 bits per heavy atom. The lowest BCUT2D eigenvalue weighted by Crippen LogP contribution is -2.39. The van der Waals surface area contributed by atoms with Crippen LogP contribution in [0.3, 0.4) is 0 Å². The monoisotopic (exact) mass is 197 g/mol. The van der Waals surface area contributed by atoms with E-state index in [0.717, 1.165) is 13.8 Å². The molecule has 0 aromatic carbocycles. The normalized spacial score (nSPS) is 9.38. The lowest BCUT2D eigenvalue weighted by Gasteiger charge is -2.04. The van der Waals surface area contributed by atoms with E-state index in [0.29, 0.717) is 0 Å². The van der Waals surface area contributed by atoms with Crippen LogP contribution in [0.1, 0.15) is 13.8 Å². The van der Waals surface area contributed by atoms with E-state index in [1.165, 1.54) is 0 Å². The van der Waals surface area contributed by atoms with Crippen LogP contribution in [0.2, 0.25) is 0 Å². The van der Waals surface area contributed by atoms with E-state index in [9.17, 15) is 20.2 Å². The van der Waals surface area contributed by atoms with Crippen LogP contribution < -0.4 is 0 Å². The molecule has 1 N–H and O–H groups in total. The first kappa shape index (κ1) is 13.6. The third kappa shape index (κ3) is 6.40. The Morgan fingerprint density at radius 1 is 1.00 bits per heavy atom. The Morgan fingerprint density at radius 3 is 1.15 bits per heavy atom. The zero-order valence-electron chi connectivity index (χ0n) is 6.74. The lowest BCUT2D eigenvalue weighted by molar-refractivity contribution is -0.787. The molecule has 10 nitrogen and oxygen atoms in total. The molecule has 0 aromatic heterocycles. The second kappa shape index (κ2) is 4.79. The molecule has 13 heavy (non-hydrogen) atoms. The molecule has 0 heterocycles. The summed E-state index contributed by atoms with van der Waals surface area (Å²) >= 11 is 0. The van der Waals surface area contributed by atoms with Gasteiger partial charge in [-0.2, -0.15) is 0 Å². The molecule has 10 heteroatoms. The van der Waals surface area contributed by atoms with Crippen LogP contribution in [0.25, 0.3) is 0 Å². The largest absolute Gasteiger partial charge is 0.453 e. The van der Waals surface area contributed by atoms with E-state index < -0.39 is 20.6 Å². The van der Waals surface area contributed by atoms with Gasteiger partial charge in [-0.1, -0.05) is 0 Å². The highest BCUT2D eigenvalue weighted by atomic mass is 16.9. The van der Waals surface area contributed by atoms with Crippen LogP contribution >= 0.6 is 0 Å². The van der Waals surface area contributed by atoms with E-state index in [1.807, 2.05) is 0 Å². The van der Waals surface area contributed by atoms with E-state index >= 15 is 0 Å². The van der Waals surface area contributed by atoms with Crippen molar-refractivity contribution in [3.8, 4) is 0 Å². The number of nitrogens with zero attached hydrogens (tertiary/aromatic N) is 3. The number of hydrogen-bond acceptors (Lipinski definition) is 6. The Kier molecular flexibility index (Phi) is 5.01. The molecule has 0 spiro atoms. The molecule has 0 fully saturated rings. The molecule has 0 aliphatic rings. The first-order valence-electron chi connectivity index (χ1n) is 2.74. The number of nitro groups is 2. The van der Waals surface area contributed by atoms with E-state index in [-0.39, 0.29) is 0 Å². The van der Waals surface area contributed by atoms with Crippen molar-refractivity contribution in [2.45, 2.75) is 19.5 Å². The van der Waals surface area contributed by atoms with Gasteiger partial charge in [0.15, 0.2) is 0 Å². The smallest absolute Gasteiger partial charge is 0.328 e. The molecule has 76 valence electrons. The van der Waals surface area contributed by atoms with Gasteiger partial charge < -0.3 is 5.21 Å². The van der Waals surface area contributed by atoms with Gasteiger partial charge in [-0.15, -0.1) is 10.1 Å². The molecule has 0 rings (SSSR count). The molecule has 0 radical (unpaired) electrons. The Balaban J connectivity index is 0. The van der Waals surface area contributed by atoms with Gasteiger partial charge in [-0.3, -0.25) is 20.2 Å². The molecule has 0 saturated heterocycles. The molecule has 0 aliphatic carbocycles. The quantitative estimate of drug-likeness (QED) is 0.369. The molecule has 0 unspecified atom stereocenters. The van der Waals surface area contributed by atoms with Gasteiger partial charge in [0.25, 0.3) is 5.09 Å². The highest BCUT2D eigenvalue weighted by Gasteiger charge is 2.43. The number of hydrogen-bond donors (Lipinski definition) is 1. The van der Waals surface area contributed by atoms with Gasteiger partial charge in [0.05, 0.1) is 23.7 Å². The van der Waals surface area contributed by atoms with Gasteiger partial charge in [0.2, 0.25) is 0 Å². The second-order valence-electron chi connectivity index (χ2n) is 2.25. The predicted molar refractivity (Wildman–Crippen MR) is 36.8 cm³/mol. The van der Waals surface area contributed by atoms with E-state index in [2.05, 4.69) is 0 Å². The topological polar surface area (TPSA) is 150 Å². The van der Waals surface area contributed by atoms with E-state index in [4.69, 9.17) is 15.3 Å². The maximum atomic E-state index is 9.83. The first-order chi connectivity index (χ1) is 5.62. The Hall–Kier alpha value is -2.00. The molecular weight excluding hydrogens is 190 g/mol. The molecule has 0 aromatic rings. The SMILES string of the molecule is CC(C)([N+](=O)[O-])[N+](=O)[O-].O=[N+]([O-])O. The van der Waals surface area contributed by atoms with Gasteiger partial charge in [0.1, 0.15) is 0 Å². The summed E-state index contributed by atoms with van der Waals surface area (Å²) in [5.41, 5.74) is -2.06. The minimum atomic E-state index is -2.06. The van der Waals surface area contributed by atoms with E-state index in [1.54, 1.807) is 0 Å². The fourth-order valence-corrected chi connectivity index (χ4v) is 0.0667. The summed E-state index contributed by atoms with van der Waals surface area (Å²) in [6, 6.07) is 0. The van der Waals surface area contributed by atoms with Crippen molar-refractivity contribution in [3.05, 3.63) is 30.3 Å². The predicted octanol–water partition coefficient (Wildman–Crippen LogP) is -0.0718. The Bertz CT molecular complexity index is 203. The standard InChI is InChI=1S/C3H6N2O4.HNO3/c1-3(2,4(6)7)5(8)9;2-1(3)4/h1-2H3;(H,2,3,4). The fraction of sp³-hybridized carbons (Fsp3) is 1.00. The van der Waals surface area contributed by atoms with Crippen molar-refractivity contribution < 1.29 is 20.1 Å². The summed E-state index contributed by atoms with van der Waals surface area (Å²) in [6.07, 6.45) is 0. The summed E-state index contributed by atoms with van der Waals surface area (Å²) in [6.45, 7) is 1.88. The summed E-state index contributed by atoms with van der Waals surface area (Å²) < 4.78 is 0. The average molecular weight is 197 g/mol. The van der Waals surface area contributed by atoms with Crippen LogP contribution in [0.4, 0.5) is 0 Å². The van der Waals surface area contributed by atoms with Gasteiger partial charge in [-0.25, -0.2) is 0 Å². The first-order valence-corrected chi connectivity index (χ1v) is 2.74. The van der Waals surface area contributed by atoms with Crippen LogP contribution in [-0.4, -0.2) is 25.8 Å². The summed E-state index contributed by atoms with van der Waals surface area (Å²) in [7, 11) is 0. The molecule has 0 bridgehead atoms. The van der Waals surface area contributed by atoms with Crippen molar-refractivity contribution in [1.82, 2.24) is 0 Å². The minimum absolute atomic E-state index is 0.938. The zero-order chi connectivity index (χ0) is 11.2. The van der Waals surface area contributed by atoms with Crippen molar-refractivity contribution in [1.29, 1.82) is 0 Å². The van der Waals surface area contributed by atoms with Crippen molar-refractivity contribution >= 4 is 0 Å². The van der Waals surface area contributed by atoms with Crippen LogP contribution in [-0.2, 0) is 0 Å². The molecule has 0 amide bonds. The highest BCUT2D eigenvalue weighted by molar-refractivity contribution is 4.46. The van der Waals surface area contributed by atoms with Crippen molar-refractivity contribution in [2.24, 2.45) is 0 Å². The number of rotatable bonds is 2. The molecule has 0 atom stereocenters. The second-order valence-corrected chi connectivity index (χ2v) is 2.25. The van der Waals surface area contributed by atoms with Crippen LogP contribution in [0.15, 0.2) is 0 Å². The maximum absolute atomic E-state index is 9.83. The maximum Gasteiger partial charge on any atom is 0.453 e. The summed E-state index contributed by atoms with van der Waals surface area (Å²) in [5.74, 6) is 0. The highest BCUT2D eigenvalue weighted by Crippen LogP contribution is 2.06. The van der Waals surface area contributed by atoms with Gasteiger partial charge in [-0.05, 0) is 0 Å². The van der Waals surface area contributed by atoms with Gasteiger partial charge >= 0.3 is 5.66 Å².